The molecule has 5 rings (SSSR count). The van der Waals surface area contributed by atoms with Gasteiger partial charge in [0.1, 0.15) is 0 Å². The van der Waals surface area contributed by atoms with Gasteiger partial charge in [0.15, 0.2) is 18.0 Å². The first-order valence-corrected chi connectivity index (χ1v) is 12.8. The summed E-state index contributed by atoms with van der Waals surface area (Å²) in [5, 5.41) is 2.89. The fourth-order valence-corrected chi connectivity index (χ4v) is 6.29. The molecular weight excluding hydrogens is 433 g/mol. The van der Waals surface area contributed by atoms with E-state index < -0.39 is 0 Å². The molecule has 0 bridgehead atoms. The Bertz CT molecular complexity index is 1250. The van der Waals surface area contributed by atoms with Gasteiger partial charge in [0, 0.05) is 41.4 Å². The van der Waals surface area contributed by atoms with Gasteiger partial charge in [0.2, 0.25) is 5.69 Å². The maximum Gasteiger partial charge on any atom is 0.481 e. The molecule has 0 spiro atoms. The van der Waals surface area contributed by atoms with E-state index in [1.54, 1.807) is 12.5 Å². The molecule has 2 radical (unpaired) electrons. The Morgan fingerprint density at radius 2 is 2.03 bits per heavy atom. The van der Waals surface area contributed by atoms with Gasteiger partial charge in [-0.05, 0) is 43.7 Å². The predicted octanol–water partition coefficient (Wildman–Crippen LogP) is 6.48. The van der Waals surface area contributed by atoms with Crippen LogP contribution in [-0.2, 0) is 14.0 Å². The van der Waals surface area contributed by atoms with Crippen molar-refractivity contribution in [3.8, 4) is 0 Å². The highest BCUT2D eigenvalue weighted by Gasteiger charge is 2.50. The van der Waals surface area contributed by atoms with Crippen LogP contribution in [-0.4, -0.2) is 22.4 Å². The summed E-state index contributed by atoms with van der Waals surface area (Å²) in [6.07, 6.45) is 15.7. The molecule has 0 amide bonds. The van der Waals surface area contributed by atoms with E-state index in [0.29, 0.717) is 23.6 Å². The molecule has 1 aromatic carbocycles. The van der Waals surface area contributed by atoms with Crippen molar-refractivity contribution in [2.75, 3.05) is 0 Å². The maximum atomic E-state index is 10.2. The average Bonchev–Trinajstić information content (AvgIpc) is 2.82. The Kier molecular flexibility index (Phi) is 7.04. The molecule has 4 heteroatoms. The first kappa shape index (κ1) is 24.7. The molecule has 34 heavy (non-hydrogen) atoms. The van der Waals surface area contributed by atoms with Crippen LogP contribution in [0.1, 0.15) is 71.7 Å². The van der Waals surface area contributed by atoms with Gasteiger partial charge in [-0.3, -0.25) is 4.79 Å². The van der Waals surface area contributed by atoms with Gasteiger partial charge in [-0.15, -0.1) is 0 Å². The summed E-state index contributed by atoms with van der Waals surface area (Å²) in [6.45, 7) is 12.5. The summed E-state index contributed by atoms with van der Waals surface area (Å²) in [7, 11) is 0. The highest BCUT2D eigenvalue weighted by Crippen LogP contribution is 2.55. The lowest BCUT2D eigenvalue weighted by atomic mass is 9.61. The number of benzene rings is 1. The summed E-state index contributed by atoms with van der Waals surface area (Å²) < 4.78 is 7.23. The van der Waals surface area contributed by atoms with Gasteiger partial charge >= 0.3 is 16.6 Å². The number of carbonyl (C=O) groups excluding carboxylic acids is 1. The number of rotatable bonds is 4. The van der Waals surface area contributed by atoms with Crippen molar-refractivity contribution in [1.29, 1.82) is 0 Å². The minimum Gasteiger partial charge on any atom is -0.657 e. The standard InChI is InChI=1S/C25H28N.C5H8O2.Al/c1-5-9-17-18-11-8-13-20-23(18)24-22-16(14-15-26(24)21(17)6-2)10-7-12-19(22)25(20,3)4;1-4(6)3-5(2)7;/h5,7-10,12-15,17-18,21H,6,11H2,1-4H3;3,6H,1-2H3;/q+1;;+1/p-1/b;4-3-;. The van der Waals surface area contributed by atoms with Crippen LogP contribution in [0.4, 0.5) is 0 Å². The topological polar surface area (TPSA) is 30.2 Å². The summed E-state index contributed by atoms with van der Waals surface area (Å²) >= 11 is 2.06. The second-order valence-electron chi connectivity index (χ2n) is 10.1. The monoisotopic (exact) mass is 468 g/mol. The number of carbonyl (C=O) groups is 1. The largest absolute Gasteiger partial charge is 0.657 e. The van der Waals surface area contributed by atoms with Gasteiger partial charge < -0.3 is 3.79 Å². The fourth-order valence-electron chi connectivity index (χ4n) is 6.22. The Labute approximate surface area is 212 Å². The van der Waals surface area contributed by atoms with Crippen molar-refractivity contribution >= 4 is 38.8 Å². The van der Waals surface area contributed by atoms with Crippen LogP contribution < -0.4 is 4.57 Å². The van der Waals surface area contributed by atoms with E-state index in [9.17, 15) is 4.79 Å². The highest BCUT2D eigenvalue weighted by atomic mass is 27.1. The van der Waals surface area contributed by atoms with Crippen LogP contribution in [0.3, 0.4) is 0 Å². The van der Waals surface area contributed by atoms with E-state index in [1.165, 1.54) is 53.4 Å². The Morgan fingerprint density at radius 1 is 1.26 bits per heavy atom. The molecule has 2 aliphatic carbocycles. The Morgan fingerprint density at radius 3 is 2.65 bits per heavy atom. The molecule has 0 saturated carbocycles. The number of hydrogen-bond acceptors (Lipinski definition) is 2. The lowest BCUT2D eigenvalue weighted by Crippen LogP contribution is -2.54. The molecule has 174 valence electrons. The minimum atomic E-state index is 0.00458. The van der Waals surface area contributed by atoms with Crippen molar-refractivity contribution in [1.82, 2.24) is 0 Å². The lowest BCUT2D eigenvalue weighted by molar-refractivity contribution is -0.734. The van der Waals surface area contributed by atoms with Crippen LogP contribution in [0.5, 0.6) is 0 Å². The Balaban J connectivity index is 0.000000297. The van der Waals surface area contributed by atoms with Crippen LogP contribution in [0.2, 0.25) is 0 Å². The quantitative estimate of drug-likeness (QED) is 0.169. The number of pyridine rings is 1. The normalized spacial score (nSPS) is 24.2. The number of allylic oxidation sites excluding steroid dienone is 8. The smallest absolute Gasteiger partial charge is 0.481 e. The Hall–Kier alpha value is -2.41. The predicted molar refractivity (Wildman–Crippen MR) is 140 cm³/mol. The molecule has 2 heterocycles. The van der Waals surface area contributed by atoms with Crippen LogP contribution in [0.15, 0.2) is 72.2 Å². The zero-order valence-electron chi connectivity index (χ0n) is 21.3. The molecule has 3 nitrogen and oxygen atoms in total. The third kappa shape index (κ3) is 4.02. The molecule has 3 unspecified atom stereocenters. The molecular formula is C30H35AlNO2+. The first-order valence-electron chi connectivity index (χ1n) is 12.3. The highest BCUT2D eigenvalue weighted by molar-refractivity contribution is 6.00. The third-order valence-electron chi connectivity index (χ3n) is 7.64. The minimum absolute atomic E-state index is 0.00458. The summed E-state index contributed by atoms with van der Waals surface area (Å²) in [6, 6.07) is 9.74. The second kappa shape index (κ2) is 9.69. The van der Waals surface area contributed by atoms with Crippen molar-refractivity contribution in [2.24, 2.45) is 11.8 Å². The first-order chi connectivity index (χ1) is 16.3. The molecule has 1 aliphatic heterocycles. The zero-order chi connectivity index (χ0) is 24.6. The van der Waals surface area contributed by atoms with Gasteiger partial charge in [-0.2, -0.15) is 4.57 Å². The molecule has 0 N–H and O–H groups in total. The van der Waals surface area contributed by atoms with Crippen molar-refractivity contribution in [3.63, 3.8) is 0 Å². The van der Waals surface area contributed by atoms with Crippen molar-refractivity contribution in [3.05, 3.63) is 83.4 Å². The van der Waals surface area contributed by atoms with E-state index in [-0.39, 0.29) is 11.2 Å². The fraction of sp³-hybridized carbons (Fsp3) is 0.400. The molecule has 1 aromatic heterocycles. The number of aromatic nitrogens is 1. The SMILES string of the molecule is CC(=O)/C=C(/C)[O][Al].CC=CC1C2CC=CC3=C2c2c4c(cccc4cc[n+]2C1CC)C3(C)C. The summed E-state index contributed by atoms with van der Waals surface area (Å²) in [5.41, 5.74) is 6.22. The van der Waals surface area contributed by atoms with E-state index in [1.807, 2.05) is 0 Å². The van der Waals surface area contributed by atoms with Gasteiger partial charge in [0.05, 0.1) is 11.1 Å². The maximum absolute atomic E-state index is 10.2. The van der Waals surface area contributed by atoms with E-state index in [0.717, 1.165) is 0 Å². The zero-order valence-corrected chi connectivity index (χ0v) is 22.4. The molecule has 0 fully saturated rings. The van der Waals surface area contributed by atoms with Crippen LogP contribution in [0.25, 0.3) is 16.3 Å². The van der Waals surface area contributed by atoms with E-state index in [2.05, 4.69) is 107 Å². The molecule has 3 atom stereocenters. The van der Waals surface area contributed by atoms with Crippen molar-refractivity contribution < 1.29 is 13.2 Å². The lowest BCUT2D eigenvalue weighted by Gasteiger charge is -2.44. The van der Waals surface area contributed by atoms with E-state index >= 15 is 0 Å². The third-order valence-corrected chi connectivity index (χ3v) is 8.01. The van der Waals surface area contributed by atoms with Gasteiger partial charge in [-0.25, -0.2) is 0 Å². The van der Waals surface area contributed by atoms with Gasteiger partial charge in [-0.1, -0.05) is 63.3 Å². The second-order valence-corrected chi connectivity index (χ2v) is 10.3. The summed E-state index contributed by atoms with van der Waals surface area (Å²) in [5.74, 6) is 1.80. The summed E-state index contributed by atoms with van der Waals surface area (Å²) in [4.78, 5) is 10.2. The average molecular weight is 469 g/mol. The number of nitrogens with zero attached hydrogens (tertiary/aromatic N) is 1. The molecule has 0 saturated heterocycles. The number of hydrogen-bond donors (Lipinski definition) is 0. The van der Waals surface area contributed by atoms with Crippen LogP contribution in [0, 0.1) is 11.8 Å². The van der Waals surface area contributed by atoms with Crippen LogP contribution >= 0.6 is 0 Å². The molecule has 2 aromatic rings. The van der Waals surface area contributed by atoms with Gasteiger partial charge in [0.25, 0.3) is 0 Å². The molecule has 3 aliphatic rings. The number of ketones is 1. The van der Waals surface area contributed by atoms with E-state index in [4.69, 9.17) is 0 Å². The van der Waals surface area contributed by atoms with Crippen molar-refractivity contribution in [2.45, 2.75) is 65.8 Å².